The molecule has 18 heavy (non-hydrogen) atoms. The molecule has 1 atom stereocenters. The van der Waals surface area contributed by atoms with Crippen molar-refractivity contribution in [1.82, 2.24) is 5.32 Å². The molecular formula is C14H22ClN3. The first-order valence-electron chi connectivity index (χ1n) is 6.14. The molecule has 0 amide bonds. The fourth-order valence-corrected chi connectivity index (χ4v) is 2.08. The van der Waals surface area contributed by atoms with E-state index in [-0.39, 0.29) is 17.8 Å². The third kappa shape index (κ3) is 3.39. The quantitative estimate of drug-likeness (QED) is 0.822. The molecule has 0 aliphatic carbocycles. The number of hydrogen-bond donors (Lipinski definition) is 2. The SMILES string of the molecule is CC(C)(C)c1ccc(C2CCN=C(N)N2)cc1.Cl. The molecule has 0 bridgehead atoms. The second kappa shape index (κ2) is 5.61. The van der Waals surface area contributed by atoms with Gasteiger partial charge in [0.05, 0.1) is 6.04 Å². The smallest absolute Gasteiger partial charge is 0.189 e. The lowest BCUT2D eigenvalue weighted by Gasteiger charge is -2.24. The van der Waals surface area contributed by atoms with Crippen LogP contribution < -0.4 is 11.1 Å². The Labute approximate surface area is 115 Å². The zero-order valence-electron chi connectivity index (χ0n) is 11.2. The van der Waals surface area contributed by atoms with Crippen molar-refractivity contribution in [3.05, 3.63) is 35.4 Å². The molecule has 1 aliphatic heterocycles. The van der Waals surface area contributed by atoms with E-state index in [1.165, 1.54) is 11.1 Å². The Balaban J connectivity index is 0.00000162. The Morgan fingerprint density at radius 1 is 1.22 bits per heavy atom. The van der Waals surface area contributed by atoms with Crippen molar-refractivity contribution in [2.75, 3.05) is 6.54 Å². The highest BCUT2D eigenvalue weighted by Gasteiger charge is 2.17. The number of hydrogen-bond acceptors (Lipinski definition) is 3. The summed E-state index contributed by atoms with van der Waals surface area (Å²) in [6.45, 7) is 7.49. The summed E-state index contributed by atoms with van der Waals surface area (Å²) >= 11 is 0. The fourth-order valence-electron chi connectivity index (χ4n) is 2.08. The van der Waals surface area contributed by atoms with Crippen molar-refractivity contribution < 1.29 is 0 Å². The molecule has 0 saturated carbocycles. The zero-order chi connectivity index (χ0) is 12.5. The van der Waals surface area contributed by atoms with Gasteiger partial charge in [-0.15, -0.1) is 12.4 Å². The van der Waals surface area contributed by atoms with Crippen LogP contribution in [0.15, 0.2) is 29.3 Å². The van der Waals surface area contributed by atoms with Gasteiger partial charge < -0.3 is 11.1 Å². The van der Waals surface area contributed by atoms with Crippen molar-refractivity contribution in [3.8, 4) is 0 Å². The van der Waals surface area contributed by atoms with Crippen molar-refractivity contribution in [3.63, 3.8) is 0 Å². The number of aliphatic imine (C=N–C) groups is 1. The van der Waals surface area contributed by atoms with Crippen LogP contribution in [0.2, 0.25) is 0 Å². The third-order valence-electron chi connectivity index (χ3n) is 3.20. The molecule has 3 nitrogen and oxygen atoms in total. The van der Waals surface area contributed by atoms with E-state index in [2.05, 4.69) is 55.3 Å². The van der Waals surface area contributed by atoms with Crippen LogP contribution in [0.3, 0.4) is 0 Å². The summed E-state index contributed by atoms with van der Waals surface area (Å²) in [7, 11) is 0. The van der Waals surface area contributed by atoms with E-state index < -0.39 is 0 Å². The Morgan fingerprint density at radius 3 is 2.33 bits per heavy atom. The second-order valence-electron chi connectivity index (χ2n) is 5.62. The average Bonchev–Trinajstić information content (AvgIpc) is 2.28. The number of rotatable bonds is 1. The third-order valence-corrected chi connectivity index (χ3v) is 3.20. The van der Waals surface area contributed by atoms with Crippen molar-refractivity contribution in [2.24, 2.45) is 10.7 Å². The van der Waals surface area contributed by atoms with Gasteiger partial charge in [0.2, 0.25) is 0 Å². The lowest BCUT2D eigenvalue weighted by molar-refractivity contribution is 0.564. The Bertz CT molecular complexity index is 418. The normalized spacial score (nSPS) is 19.5. The first kappa shape index (κ1) is 14.8. The van der Waals surface area contributed by atoms with Crippen LogP contribution in [0.25, 0.3) is 0 Å². The summed E-state index contributed by atoms with van der Waals surface area (Å²) < 4.78 is 0. The molecule has 1 aromatic carbocycles. The highest BCUT2D eigenvalue weighted by Crippen LogP contribution is 2.25. The van der Waals surface area contributed by atoms with Gasteiger partial charge in [-0.1, -0.05) is 45.0 Å². The van der Waals surface area contributed by atoms with Gasteiger partial charge in [-0.25, -0.2) is 0 Å². The Morgan fingerprint density at radius 2 is 1.83 bits per heavy atom. The molecule has 1 unspecified atom stereocenters. The molecule has 1 aromatic rings. The maximum absolute atomic E-state index is 5.70. The summed E-state index contributed by atoms with van der Waals surface area (Å²) in [6, 6.07) is 9.10. The lowest BCUT2D eigenvalue weighted by Crippen LogP contribution is -2.38. The van der Waals surface area contributed by atoms with Crippen LogP contribution in [0.1, 0.15) is 44.4 Å². The van der Waals surface area contributed by atoms with Crippen LogP contribution in [-0.4, -0.2) is 12.5 Å². The van der Waals surface area contributed by atoms with E-state index in [0.29, 0.717) is 12.0 Å². The van der Waals surface area contributed by atoms with Gasteiger partial charge in [-0.3, -0.25) is 4.99 Å². The van der Waals surface area contributed by atoms with Gasteiger partial charge in [0, 0.05) is 6.54 Å². The largest absolute Gasteiger partial charge is 0.370 e. The monoisotopic (exact) mass is 267 g/mol. The molecule has 100 valence electrons. The van der Waals surface area contributed by atoms with E-state index in [0.717, 1.165) is 13.0 Å². The number of halogens is 1. The highest BCUT2D eigenvalue weighted by atomic mass is 35.5. The van der Waals surface area contributed by atoms with Gasteiger partial charge in [0.25, 0.3) is 0 Å². The number of nitrogens with two attached hydrogens (primary N) is 1. The second-order valence-corrected chi connectivity index (χ2v) is 5.62. The minimum atomic E-state index is 0. The molecule has 1 heterocycles. The van der Waals surface area contributed by atoms with Crippen molar-refractivity contribution >= 4 is 18.4 Å². The van der Waals surface area contributed by atoms with E-state index in [1.807, 2.05) is 0 Å². The van der Waals surface area contributed by atoms with Crippen LogP contribution >= 0.6 is 12.4 Å². The first-order valence-corrected chi connectivity index (χ1v) is 6.14. The average molecular weight is 268 g/mol. The van der Waals surface area contributed by atoms with Gasteiger partial charge in [0.1, 0.15) is 0 Å². The summed E-state index contributed by atoms with van der Waals surface area (Å²) in [5.74, 6) is 0.557. The minimum absolute atomic E-state index is 0. The number of benzene rings is 1. The number of nitrogens with zero attached hydrogens (tertiary/aromatic N) is 1. The maximum Gasteiger partial charge on any atom is 0.189 e. The Hall–Kier alpha value is -1.22. The summed E-state index contributed by atoms with van der Waals surface area (Å²) in [4.78, 5) is 4.15. The topological polar surface area (TPSA) is 50.4 Å². The minimum Gasteiger partial charge on any atom is -0.370 e. The molecule has 1 aliphatic rings. The van der Waals surface area contributed by atoms with Gasteiger partial charge >= 0.3 is 0 Å². The van der Waals surface area contributed by atoms with Crippen LogP contribution in [-0.2, 0) is 5.41 Å². The molecule has 3 N–H and O–H groups in total. The van der Waals surface area contributed by atoms with E-state index in [4.69, 9.17) is 5.73 Å². The molecule has 2 rings (SSSR count). The first-order chi connectivity index (χ1) is 7.97. The zero-order valence-corrected chi connectivity index (χ0v) is 12.1. The summed E-state index contributed by atoms with van der Waals surface area (Å²) in [5, 5.41) is 3.22. The molecule has 4 heteroatoms. The molecule has 0 aromatic heterocycles. The van der Waals surface area contributed by atoms with E-state index in [9.17, 15) is 0 Å². The standard InChI is InChI=1S/C14H21N3.ClH/c1-14(2,3)11-6-4-10(5-7-11)12-8-9-16-13(15)17-12;/h4-7,12H,8-9H2,1-3H3,(H3,15,16,17);1H. The predicted octanol–water partition coefficient (Wildman–Crippen LogP) is 2.76. The number of guanidine groups is 1. The molecule has 0 radical (unpaired) electrons. The van der Waals surface area contributed by atoms with Gasteiger partial charge in [-0.2, -0.15) is 0 Å². The van der Waals surface area contributed by atoms with E-state index >= 15 is 0 Å². The molecule has 0 fully saturated rings. The summed E-state index contributed by atoms with van der Waals surface area (Å²) in [6.07, 6.45) is 1.01. The van der Waals surface area contributed by atoms with Crippen molar-refractivity contribution in [1.29, 1.82) is 0 Å². The Kier molecular flexibility index (Phi) is 4.63. The van der Waals surface area contributed by atoms with Crippen molar-refractivity contribution in [2.45, 2.75) is 38.6 Å². The molecular weight excluding hydrogens is 246 g/mol. The predicted molar refractivity (Wildman–Crippen MR) is 79.4 cm³/mol. The van der Waals surface area contributed by atoms with E-state index in [1.54, 1.807) is 0 Å². The summed E-state index contributed by atoms with van der Waals surface area (Å²) in [5.41, 5.74) is 8.56. The lowest BCUT2D eigenvalue weighted by atomic mass is 9.86. The maximum atomic E-state index is 5.70. The highest BCUT2D eigenvalue weighted by molar-refractivity contribution is 5.85. The van der Waals surface area contributed by atoms with Crippen LogP contribution in [0.4, 0.5) is 0 Å². The van der Waals surface area contributed by atoms with Gasteiger partial charge in [0.15, 0.2) is 5.96 Å². The molecule has 0 saturated heterocycles. The van der Waals surface area contributed by atoms with Crippen LogP contribution in [0, 0.1) is 0 Å². The van der Waals surface area contributed by atoms with Crippen LogP contribution in [0.5, 0.6) is 0 Å². The molecule has 0 spiro atoms. The fraction of sp³-hybridized carbons (Fsp3) is 0.500. The number of nitrogens with one attached hydrogen (secondary N) is 1. The van der Waals surface area contributed by atoms with Gasteiger partial charge in [-0.05, 0) is 23.0 Å².